The van der Waals surface area contributed by atoms with Gasteiger partial charge < -0.3 is 9.67 Å². The lowest BCUT2D eigenvalue weighted by Crippen LogP contribution is -1.96. The molecule has 0 spiro atoms. The molecule has 0 bridgehead atoms. The number of halogens is 1. The van der Waals surface area contributed by atoms with Gasteiger partial charge in [0.25, 0.3) is 0 Å². The molecule has 0 aliphatic carbocycles. The molecule has 17 heavy (non-hydrogen) atoms. The number of benzene rings is 1. The first-order chi connectivity index (χ1) is 8.08. The molecular formula is C13H14BrNO2. The molecule has 0 fully saturated rings. The largest absolute Gasteiger partial charge is 0.481 e. The number of nitrogens with zero attached hydrogens (tertiary/aromatic N) is 1. The second-order valence-electron chi connectivity index (χ2n) is 4.19. The van der Waals surface area contributed by atoms with Crippen molar-refractivity contribution >= 4 is 32.8 Å². The quantitative estimate of drug-likeness (QED) is 0.940. The van der Waals surface area contributed by atoms with E-state index in [-0.39, 0.29) is 6.42 Å². The van der Waals surface area contributed by atoms with E-state index in [4.69, 9.17) is 5.11 Å². The molecule has 4 heteroatoms. The van der Waals surface area contributed by atoms with Gasteiger partial charge in [0.05, 0.1) is 0 Å². The maximum atomic E-state index is 10.4. The minimum Gasteiger partial charge on any atom is -0.481 e. The van der Waals surface area contributed by atoms with Crippen LogP contribution in [-0.2, 0) is 18.3 Å². The third-order valence-electron chi connectivity index (χ3n) is 2.86. The molecule has 0 unspecified atom stereocenters. The van der Waals surface area contributed by atoms with E-state index in [9.17, 15) is 4.79 Å². The highest BCUT2D eigenvalue weighted by Crippen LogP contribution is 2.26. The highest BCUT2D eigenvalue weighted by atomic mass is 79.9. The molecule has 1 N–H and O–H groups in total. The van der Waals surface area contributed by atoms with Gasteiger partial charge in [0.15, 0.2) is 0 Å². The third kappa shape index (κ3) is 2.69. The van der Waals surface area contributed by atoms with Crippen molar-refractivity contribution < 1.29 is 9.90 Å². The van der Waals surface area contributed by atoms with Crippen LogP contribution in [0.4, 0.5) is 0 Å². The Morgan fingerprint density at radius 3 is 2.94 bits per heavy atom. The lowest BCUT2D eigenvalue weighted by molar-refractivity contribution is -0.137. The van der Waals surface area contributed by atoms with E-state index in [0.717, 1.165) is 10.9 Å². The molecule has 0 radical (unpaired) electrons. The summed E-state index contributed by atoms with van der Waals surface area (Å²) in [7, 11) is 2.01. The summed E-state index contributed by atoms with van der Waals surface area (Å²) in [5, 5.41) is 9.79. The molecule has 0 aliphatic heterocycles. The van der Waals surface area contributed by atoms with Crippen molar-refractivity contribution in [3.05, 3.63) is 34.4 Å². The van der Waals surface area contributed by atoms with Crippen molar-refractivity contribution in [2.45, 2.75) is 19.3 Å². The molecule has 2 rings (SSSR count). The lowest BCUT2D eigenvalue weighted by Gasteiger charge is -2.02. The predicted octanol–water partition coefficient (Wildman–Crippen LogP) is 3.35. The topological polar surface area (TPSA) is 42.2 Å². The van der Waals surface area contributed by atoms with Gasteiger partial charge in [-0.15, -0.1) is 0 Å². The fourth-order valence-corrected chi connectivity index (χ4v) is 2.62. The van der Waals surface area contributed by atoms with Crippen molar-refractivity contribution in [1.82, 2.24) is 4.57 Å². The summed E-state index contributed by atoms with van der Waals surface area (Å²) < 4.78 is 3.16. The SMILES string of the molecule is Cn1cc(Br)c2ccc(CCCC(=O)O)cc21. The number of carbonyl (C=O) groups is 1. The van der Waals surface area contributed by atoms with Crippen molar-refractivity contribution in [1.29, 1.82) is 0 Å². The summed E-state index contributed by atoms with van der Waals surface area (Å²) in [5.41, 5.74) is 2.36. The van der Waals surface area contributed by atoms with Crippen LogP contribution in [0.25, 0.3) is 10.9 Å². The summed E-state index contributed by atoms with van der Waals surface area (Å²) in [5.74, 6) is -0.729. The first-order valence-corrected chi connectivity index (χ1v) is 6.32. The Morgan fingerprint density at radius 2 is 2.24 bits per heavy atom. The van der Waals surface area contributed by atoms with Crippen molar-refractivity contribution in [2.75, 3.05) is 0 Å². The minimum atomic E-state index is -0.729. The standard InChI is InChI=1S/C13H14BrNO2/c1-15-8-11(14)10-6-5-9(7-12(10)15)3-2-4-13(16)17/h5-8H,2-4H2,1H3,(H,16,17). The van der Waals surface area contributed by atoms with Gasteiger partial charge in [-0.2, -0.15) is 0 Å². The first-order valence-electron chi connectivity index (χ1n) is 5.53. The zero-order valence-corrected chi connectivity index (χ0v) is 11.2. The van der Waals surface area contributed by atoms with E-state index in [1.807, 2.05) is 13.2 Å². The molecule has 0 atom stereocenters. The van der Waals surface area contributed by atoms with Gasteiger partial charge in [-0.3, -0.25) is 4.79 Å². The lowest BCUT2D eigenvalue weighted by atomic mass is 10.1. The maximum absolute atomic E-state index is 10.4. The van der Waals surface area contributed by atoms with Gasteiger partial charge in [-0.05, 0) is 40.4 Å². The number of hydrogen-bond acceptors (Lipinski definition) is 1. The van der Waals surface area contributed by atoms with E-state index in [2.05, 4.69) is 38.7 Å². The zero-order chi connectivity index (χ0) is 12.4. The summed E-state index contributed by atoms with van der Waals surface area (Å²) >= 11 is 3.52. The van der Waals surface area contributed by atoms with Crippen LogP contribution in [0.5, 0.6) is 0 Å². The Kier molecular flexibility index (Phi) is 3.52. The normalized spacial score (nSPS) is 10.9. The van der Waals surface area contributed by atoms with E-state index >= 15 is 0 Å². The highest BCUT2D eigenvalue weighted by Gasteiger charge is 2.05. The molecular weight excluding hydrogens is 282 g/mol. The van der Waals surface area contributed by atoms with E-state index in [0.29, 0.717) is 6.42 Å². The molecule has 3 nitrogen and oxygen atoms in total. The minimum absolute atomic E-state index is 0.231. The number of aromatic nitrogens is 1. The van der Waals surface area contributed by atoms with Crippen LogP contribution in [0.15, 0.2) is 28.9 Å². The van der Waals surface area contributed by atoms with Crippen molar-refractivity contribution in [3.8, 4) is 0 Å². The Labute approximate surface area is 108 Å². The number of hydrogen-bond donors (Lipinski definition) is 1. The van der Waals surface area contributed by atoms with Crippen LogP contribution in [0.3, 0.4) is 0 Å². The average molecular weight is 296 g/mol. The van der Waals surface area contributed by atoms with E-state index in [1.165, 1.54) is 16.5 Å². The Morgan fingerprint density at radius 1 is 1.47 bits per heavy atom. The zero-order valence-electron chi connectivity index (χ0n) is 9.61. The summed E-state index contributed by atoms with van der Waals surface area (Å²) in [4.78, 5) is 10.4. The summed E-state index contributed by atoms with van der Waals surface area (Å²) in [6.07, 6.45) is 3.76. The number of rotatable bonds is 4. The molecule has 1 aromatic heterocycles. The van der Waals surface area contributed by atoms with Crippen LogP contribution < -0.4 is 0 Å². The third-order valence-corrected chi connectivity index (χ3v) is 3.49. The Balaban J connectivity index is 2.19. The summed E-state index contributed by atoms with van der Waals surface area (Å²) in [6.45, 7) is 0. The first kappa shape index (κ1) is 12.2. The van der Waals surface area contributed by atoms with Crippen LogP contribution >= 0.6 is 15.9 Å². The number of aliphatic carboxylic acids is 1. The van der Waals surface area contributed by atoms with Crippen molar-refractivity contribution in [3.63, 3.8) is 0 Å². The fraction of sp³-hybridized carbons (Fsp3) is 0.308. The molecule has 0 aliphatic rings. The van der Waals surface area contributed by atoms with Gasteiger partial charge in [0.1, 0.15) is 0 Å². The molecule has 1 heterocycles. The van der Waals surface area contributed by atoms with Crippen LogP contribution in [0.1, 0.15) is 18.4 Å². The monoisotopic (exact) mass is 295 g/mol. The Hall–Kier alpha value is -1.29. The second-order valence-corrected chi connectivity index (χ2v) is 5.04. The molecule has 0 saturated carbocycles. The molecule has 0 amide bonds. The molecule has 2 aromatic rings. The van der Waals surface area contributed by atoms with Crippen molar-refractivity contribution in [2.24, 2.45) is 7.05 Å². The van der Waals surface area contributed by atoms with Gasteiger partial charge in [-0.25, -0.2) is 0 Å². The van der Waals surface area contributed by atoms with E-state index < -0.39 is 5.97 Å². The van der Waals surface area contributed by atoms with Crippen LogP contribution in [-0.4, -0.2) is 15.6 Å². The highest BCUT2D eigenvalue weighted by molar-refractivity contribution is 9.10. The number of aryl methyl sites for hydroxylation is 2. The smallest absolute Gasteiger partial charge is 0.303 e. The molecule has 1 aromatic carbocycles. The fourth-order valence-electron chi connectivity index (χ4n) is 1.98. The van der Waals surface area contributed by atoms with E-state index in [1.54, 1.807) is 0 Å². The molecule has 90 valence electrons. The van der Waals surface area contributed by atoms with Crippen LogP contribution in [0.2, 0.25) is 0 Å². The van der Waals surface area contributed by atoms with Crippen LogP contribution in [0, 0.1) is 0 Å². The average Bonchev–Trinajstić information content (AvgIpc) is 2.54. The predicted molar refractivity (Wildman–Crippen MR) is 71.2 cm³/mol. The molecule has 0 saturated heterocycles. The van der Waals surface area contributed by atoms with Gasteiger partial charge >= 0.3 is 5.97 Å². The number of carboxylic acid groups (broad SMARTS) is 1. The van der Waals surface area contributed by atoms with Gasteiger partial charge in [-0.1, -0.05) is 12.1 Å². The number of fused-ring (bicyclic) bond motifs is 1. The van der Waals surface area contributed by atoms with Gasteiger partial charge in [0.2, 0.25) is 0 Å². The number of carboxylic acids is 1. The van der Waals surface area contributed by atoms with Gasteiger partial charge in [0, 0.05) is 35.0 Å². The Bertz CT molecular complexity index is 560. The second kappa shape index (κ2) is 4.92. The summed E-state index contributed by atoms with van der Waals surface area (Å²) in [6, 6.07) is 6.27. The maximum Gasteiger partial charge on any atom is 0.303 e.